The summed E-state index contributed by atoms with van der Waals surface area (Å²) in [5, 5.41) is 2.81. The van der Waals surface area contributed by atoms with Crippen molar-refractivity contribution < 1.29 is 8.94 Å². The van der Waals surface area contributed by atoms with Gasteiger partial charge in [0.15, 0.2) is 0 Å². The zero-order valence-electron chi connectivity index (χ0n) is 4.63. The molecule has 1 aromatic heterocycles. The molecule has 0 aromatic carbocycles. The topological polar surface area (TPSA) is 56.2 Å². The van der Waals surface area contributed by atoms with Gasteiger partial charge in [0.1, 0.15) is 5.38 Å². The molecule has 0 saturated carbocycles. The SMILES string of the molecule is CC(Cl)c1noc(=O)o1. The van der Waals surface area contributed by atoms with Gasteiger partial charge >= 0.3 is 5.82 Å². The zero-order valence-corrected chi connectivity index (χ0v) is 5.38. The monoisotopic (exact) mass is 149 g/mol. The Labute approximate surface area is 55.4 Å². The van der Waals surface area contributed by atoms with Gasteiger partial charge in [0.05, 0.1) is 0 Å². The lowest BCUT2D eigenvalue weighted by Crippen LogP contribution is -1.87. The Balaban J connectivity index is 2.98. The van der Waals surface area contributed by atoms with Gasteiger partial charge < -0.3 is 4.42 Å². The molecule has 1 aromatic rings. The molecule has 9 heavy (non-hydrogen) atoms. The molecular formula is C4H4ClNO3. The Kier molecular flexibility index (Phi) is 1.57. The summed E-state index contributed by atoms with van der Waals surface area (Å²) in [6, 6.07) is 0. The van der Waals surface area contributed by atoms with Gasteiger partial charge in [-0.2, -0.15) is 0 Å². The standard InChI is InChI=1S/C4H4ClNO3/c1-2(5)3-6-9-4(7)8-3/h2H,1H3. The molecule has 1 atom stereocenters. The Hall–Kier alpha value is -0.770. The Morgan fingerprint density at radius 3 is 2.67 bits per heavy atom. The van der Waals surface area contributed by atoms with Crippen LogP contribution in [0.4, 0.5) is 0 Å². The lowest BCUT2D eigenvalue weighted by molar-refractivity contribution is 0.334. The summed E-state index contributed by atoms with van der Waals surface area (Å²) in [5.74, 6) is -0.709. The van der Waals surface area contributed by atoms with Crippen LogP contribution in [0.5, 0.6) is 0 Å². The van der Waals surface area contributed by atoms with Gasteiger partial charge in [0, 0.05) is 0 Å². The Bertz CT molecular complexity index is 238. The highest BCUT2D eigenvalue weighted by atomic mass is 35.5. The van der Waals surface area contributed by atoms with Gasteiger partial charge in [-0.1, -0.05) is 0 Å². The van der Waals surface area contributed by atoms with E-state index < -0.39 is 11.2 Å². The fourth-order valence-electron chi connectivity index (χ4n) is 0.359. The highest BCUT2D eigenvalue weighted by Crippen LogP contribution is 2.13. The van der Waals surface area contributed by atoms with Gasteiger partial charge in [-0.3, -0.25) is 4.52 Å². The molecule has 0 spiro atoms. The zero-order chi connectivity index (χ0) is 6.85. The molecule has 0 aliphatic rings. The second-order valence-corrected chi connectivity index (χ2v) is 2.14. The van der Waals surface area contributed by atoms with Crippen molar-refractivity contribution in [1.82, 2.24) is 5.16 Å². The molecule has 0 radical (unpaired) electrons. The fourth-order valence-corrected chi connectivity index (χ4v) is 0.443. The molecule has 1 unspecified atom stereocenters. The fraction of sp³-hybridized carbons (Fsp3) is 0.500. The van der Waals surface area contributed by atoms with Crippen LogP contribution in [0.2, 0.25) is 0 Å². The van der Waals surface area contributed by atoms with Gasteiger partial charge in [-0.15, -0.1) is 11.6 Å². The van der Waals surface area contributed by atoms with Crippen LogP contribution in [0.3, 0.4) is 0 Å². The third kappa shape index (κ3) is 1.32. The smallest absolute Gasteiger partial charge is 0.373 e. The average molecular weight is 150 g/mol. The van der Waals surface area contributed by atoms with E-state index >= 15 is 0 Å². The van der Waals surface area contributed by atoms with Crippen LogP contribution in [-0.4, -0.2) is 5.16 Å². The van der Waals surface area contributed by atoms with Crippen LogP contribution in [0.15, 0.2) is 13.7 Å². The Morgan fingerprint density at radius 1 is 1.78 bits per heavy atom. The van der Waals surface area contributed by atoms with Crippen molar-refractivity contribution in [2.24, 2.45) is 0 Å². The van der Waals surface area contributed by atoms with Crippen LogP contribution in [0, 0.1) is 0 Å². The Morgan fingerprint density at radius 2 is 2.44 bits per heavy atom. The number of rotatable bonds is 1. The third-order valence-electron chi connectivity index (χ3n) is 0.738. The molecule has 1 heterocycles. The van der Waals surface area contributed by atoms with Crippen LogP contribution in [0.1, 0.15) is 18.2 Å². The van der Waals surface area contributed by atoms with Crippen LogP contribution >= 0.6 is 11.6 Å². The summed E-state index contributed by atoms with van der Waals surface area (Å²) in [4.78, 5) is 10.1. The van der Waals surface area contributed by atoms with Crippen LogP contribution < -0.4 is 5.82 Å². The quantitative estimate of drug-likeness (QED) is 0.558. The minimum Gasteiger partial charge on any atom is -0.373 e. The van der Waals surface area contributed by atoms with E-state index in [0.29, 0.717) is 0 Å². The van der Waals surface area contributed by atoms with Crippen LogP contribution in [0.25, 0.3) is 0 Å². The number of alkyl halides is 1. The normalized spacial score (nSPS) is 13.6. The van der Waals surface area contributed by atoms with Crippen molar-refractivity contribution in [3.05, 3.63) is 16.5 Å². The number of aromatic nitrogens is 1. The highest BCUT2D eigenvalue weighted by Gasteiger charge is 2.08. The lowest BCUT2D eigenvalue weighted by Gasteiger charge is -1.86. The largest absolute Gasteiger partial charge is 0.542 e. The van der Waals surface area contributed by atoms with E-state index in [2.05, 4.69) is 14.1 Å². The van der Waals surface area contributed by atoms with E-state index in [0.717, 1.165) is 0 Å². The highest BCUT2D eigenvalue weighted by molar-refractivity contribution is 6.20. The summed E-state index contributed by atoms with van der Waals surface area (Å²) in [6.07, 6.45) is 0. The first-order chi connectivity index (χ1) is 4.20. The number of nitrogens with zero attached hydrogens (tertiary/aromatic N) is 1. The number of hydrogen-bond acceptors (Lipinski definition) is 4. The van der Waals surface area contributed by atoms with E-state index in [1.165, 1.54) is 0 Å². The van der Waals surface area contributed by atoms with E-state index in [-0.39, 0.29) is 5.89 Å². The molecule has 0 N–H and O–H groups in total. The summed E-state index contributed by atoms with van der Waals surface area (Å²) in [5.41, 5.74) is 0. The van der Waals surface area contributed by atoms with E-state index in [9.17, 15) is 4.79 Å². The molecular weight excluding hydrogens is 146 g/mol. The van der Waals surface area contributed by atoms with Gasteiger partial charge in [0.25, 0.3) is 5.89 Å². The maximum absolute atomic E-state index is 10.1. The molecule has 0 fully saturated rings. The summed E-state index contributed by atoms with van der Waals surface area (Å²) in [7, 11) is 0. The first-order valence-electron chi connectivity index (χ1n) is 2.31. The minimum absolute atomic E-state index is 0.113. The van der Waals surface area contributed by atoms with E-state index in [1.807, 2.05) is 0 Å². The summed E-state index contributed by atoms with van der Waals surface area (Å²) >= 11 is 5.46. The first-order valence-corrected chi connectivity index (χ1v) is 2.74. The molecule has 0 amide bonds. The number of halogens is 1. The van der Waals surface area contributed by atoms with Crippen molar-refractivity contribution in [1.29, 1.82) is 0 Å². The van der Waals surface area contributed by atoms with Crippen molar-refractivity contribution in [2.75, 3.05) is 0 Å². The van der Waals surface area contributed by atoms with Gasteiger partial charge in [-0.25, -0.2) is 4.79 Å². The minimum atomic E-state index is -0.822. The summed E-state index contributed by atoms with van der Waals surface area (Å²) < 4.78 is 8.45. The molecule has 0 bridgehead atoms. The second-order valence-electron chi connectivity index (χ2n) is 1.49. The third-order valence-corrected chi connectivity index (χ3v) is 0.925. The molecule has 0 aliphatic carbocycles. The van der Waals surface area contributed by atoms with Gasteiger partial charge in [0.2, 0.25) is 0 Å². The molecule has 0 aliphatic heterocycles. The van der Waals surface area contributed by atoms with Crippen molar-refractivity contribution >= 4 is 11.6 Å². The van der Waals surface area contributed by atoms with Crippen molar-refractivity contribution in [2.45, 2.75) is 12.3 Å². The maximum Gasteiger partial charge on any atom is 0.542 e. The van der Waals surface area contributed by atoms with Crippen LogP contribution in [-0.2, 0) is 0 Å². The molecule has 50 valence electrons. The molecule has 4 nitrogen and oxygen atoms in total. The average Bonchev–Trinajstić information content (AvgIpc) is 2.14. The van der Waals surface area contributed by atoms with Crippen molar-refractivity contribution in [3.63, 3.8) is 0 Å². The van der Waals surface area contributed by atoms with Gasteiger partial charge in [-0.05, 0) is 12.1 Å². The lowest BCUT2D eigenvalue weighted by atomic mass is 10.5. The predicted molar refractivity (Wildman–Crippen MR) is 29.3 cm³/mol. The molecule has 0 saturated heterocycles. The second kappa shape index (κ2) is 2.23. The molecule has 1 rings (SSSR count). The van der Waals surface area contributed by atoms with E-state index in [1.54, 1.807) is 6.92 Å². The van der Waals surface area contributed by atoms with Crippen molar-refractivity contribution in [3.8, 4) is 0 Å². The maximum atomic E-state index is 10.1. The summed E-state index contributed by atoms with van der Waals surface area (Å²) in [6.45, 7) is 1.63. The predicted octanol–water partition coefficient (Wildman–Crippen LogP) is 0.928. The molecule has 5 heteroatoms. The number of hydrogen-bond donors (Lipinski definition) is 0. The van der Waals surface area contributed by atoms with E-state index in [4.69, 9.17) is 11.6 Å². The first kappa shape index (κ1) is 6.35.